The molecule has 1 unspecified atom stereocenters. The molecule has 5 rings (SSSR count). The molecule has 0 aromatic heterocycles. The van der Waals surface area contributed by atoms with Crippen molar-refractivity contribution in [2.24, 2.45) is 17.8 Å². The van der Waals surface area contributed by atoms with Gasteiger partial charge < -0.3 is 24.5 Å². The van der Waals surface area contributed by atoms with Gasteiger partial charge >= 0.3 is 0 Å². The van der Waals surface area contributed by atoms with Crippen LogP contribution in [0, 0.1) is 31.6 Å². The molecule has 3 amide bonds. The number of carbonyl (C=O) groups excluding carboxylic acids is 3. The Morgan fingerprint density at radius 1 is 1.00 bits per heavy atom. The molecule has 4 aliphatic rings. The number of fused-ring (bicyclic) bond motifs is 2. The van der Waals surface area contributed by atoms with Gasteiger partial charge in [-0.1, -0.05) is 63.3 Å². The molecule has 210 valence electrons. The van der Waals surface area contributed by atoms with Crippen LogP contribution in [0.3, 0.4) is 0 Å². The first-order valence-electron chi connectivity index (χ1n) is 14.2. The van der Waals surface area contributed by atoms with Crippen LogP contribution in [0.5, 0.6) is 0 Å². The average Bonchev–Trinajstić information content (AvgIpc) is 3.14. The van der Waals surface area contributed by atoms with Crippen LogP contribution in [0.2, 0.25) is 0 Å². The van der Waals surface area contributed by atoms with E-state index in [1.165, 1.54) is 0 Å². The maximum absolute atomic E-state index is 14.7. The first kappa shape index (κ1) is 27.6. The van der Waals surface area contributed by atoms with Crippen LogP contribution in [0.25, 0.3) is 0 Å². The van der Waals surface area contributed by atoms with E-state index in [9.17, 15) is 19.5 Å². The van der Waals surface area contributed by atoms with Crippen LogP contribution in [0.4, 0.5) is 5.69 Å². The van der Waals surface area contributed by atoms with E-state index in [0.717, 1.165) is 23.2 Å². The molecule has 1 aromatic rings. The van der Waals surface area contributed by atoms with Gasteiger partial charge in [0.05, 0.1) is 30.1 Å². The Morgan fingerprint density at radius 2 is 1.67 bits per heavy atom. The average molecular weight is 536 g/mol. The molecular weight excluding hydrogens is 494 g/mol. The van der Waals surface area contributed by atoms with Crippen molar-refractivity contribution in [1.82, 2.24) is 9.80 Å². The number of aliphatic hydroxyl groups excluding tert-OH is 1. The van der Waals surface area contributed by atoms with E-state index >= 15 is 0 Å². The molecule has 39 heavy (non-hydrogen) atoms. The number of ether oxygens (including phenoxy) is 1. The van der Waals surface area contributed by atoms with Gasteiger partial charge in [-0.15, -0.1) is 0 Å². The number of anilines is 1. The predicted octanol–water partition coefficient (Wildman–Crippen LogP) is 3.00. The first-order valence-corrected chi connectivity index (χ1v) is 14.2. The summed E-state index contributed by atoms with van der Waals surface area (Å²) in [7, 11) is 0. The van der Waals surface area contributed by atoms with Gasteiger partial charge in [-0.05, 0) is 44.2 Å². The number of para-hydroxylation sites is 1. The summed E-state index contributed by atoms with van der Waals surface area (Å²) in [5.41, 5.74) is 0.348. The molecule has 8 nitrogen and oxygen atoms in total. The number of rotatable bonds is 6. The van der Waals surface area contributed by atoms with Crippen molar-refractivity contribution in [3.63, 3.8) is 0 Å². The summed E-state index contributed by atoms with van der Waals surface area (Å²) in [4.78, 5) is 48.4. The maximum Gasteiger partial charge on any atom is 0.253 e. The van der Waals surface area contributed by atoms with Gasteiger partial charge in [0.2, 0.25) is 11.8 Å². The van der Waals surface area contributed by atoms with Crippen molar-refractivity contribution < 1.29 is 24.2 Å². The van der Waals surface area contributed by atoms with E-state index in [4.69, 9.17) is 4.74 Å². The molecule has 0 radical (unpaired) electrons. The fraction of sp³-hybridized carbons (Fsp3) is 0.581. The topological polar surface area (TPSA) is 90.4 Å². The number of likely N-dealkylation sites (tertiary alicyclic amines) is 1. The minimum Gasteiger partial charge on any atom is -0.394 e. The van der Waals surface area contributed by atoms with E-state index in [1.807, 2.05) is 84.0 Å². The molecule has 6 atom stereocenters. The molecule has 1 aromatic carbocycles. The van der Waals surface area contributed by atoms with E-state index < -0.39 is 35.1 Å². The minimum absolute atomic E-state index is 0.115. The summed E-state index contributed by atoms with van der Waals surface area (Å²) < 4.78 is 6.90. The van der Waals surface area contributed by atoms with Gasteiger partial charge in [-0.2, -0.15) is 0 Å². The number of benzene rings is 1. The van der Waals surface area contributed by atoms with Gasteiger partial charge in [0.1, 0.15) is 11.6 Å². The number of aliphatic hydroxyl groups is 1. The quantitative estimate of drug-likeness (QED) is 0.566. The highest BCUT2D eigenvalue weighted by Crippen LogP contribution is 2.58. The van der Waals surface area contributed by atoms with Crippen LogP contribution in [0.1, 0.15) is 45.2 Å². The Hall–Kier alpha value is -2.97. The van der Waals surface area contributed by atoms with E-state index in [1.54, 1.807) is 14.7 Å². The fourth-order valence-corrected chi connectivity index (χ4v) is 7.39. The smallest absolute Gasteiger partial charge is 0.253 e. The number of hydrogen-bond donors (Lipinski definition) is 1. The molecule has 4 aliphatic heterocycles. The SMILES string of the molecule is CCCN1CC=C[C@]2(C)O[C@]34C=CCN(c5c(C)cccc5C)C(=O)C3N([C@@H](CO)C(C)C)C(=O)[C@@H]4[C@@H]2C1=O. The van der Waals surface area contributed by atoms with Crippen molar-refractivity contribution in [3.05, 3.63) is 53.6 Å². The van der Waals surface area contributed by atoms with Gasteiger partial charge in [-0.25, -0.2) is 0 Å². The summed E-state index contributed by atoms with van der Waals surface area (Å²) in [6.07, 6.45) is 8.42. The lowest BCUT2D eigenvalue weighted by Gasteiger charge is -2.41. The molecule has 2 saturated heterocycles. The lowest BCUT2D eigenvalue weighted by molar-refractivity contribution is -0.152. The van der Waals surface area contributed by atoms with Crippen LogP contribution in [0.15, 0.2) is 42.5 Å². The number of hydrogen-bond acceptors (Lipinski definition) is 5. The molecule has 0 aliphatic carbocycles. The largest absolute Gasteiger partial charge is 0.394 e. The summed E-state index contributed by atoms with van der Waals surface area (Å²) in [6, 6.07) is 4.30. The Kier molecular flexibility index (Phi) is 7.00. The van der Waals surface area contributed by atoms with Crippen LogP contribution < -0.4 is 4.90 Å². The molecule has 0 bridgehead atoms. The zero-order chi connectivity index (χ0) is 28.3. The Labute approximate surface area is 231 Å². The van der Waals surface area contributed by atoms with E-state index in [-0.39, 0.29) is 30.2 Å². The summed E-state index contributed by atoms with van der Waals surface area (Å²) in [5.74, 6) is -2.46. The lowest BCUT2D eigenvalue weighted by atomic mass is 9.74. The number of aryl methyl sites for hydroxylation is 2. The van der Waals surface area contributed by atoms with Crippen molar-refractivity contribution in [2.75, 3.05) is 31.1 Å². The zero-order valence-corrected chi connectivity index (χ0v) is 23.9. The van der Waals surface area contributed by atoms with Crippen molar-refractivity contribution in [3.8, 4) is 0 Å². The van der Waals surface area contributed by atoms with Crippen LogP contribution in [-0.2, 0) is 19.1 Å². The first-order chi connectivity index (χ1) is 18.5. The normalized spacial score (nSPS) is 32.9. The molecule has 2 fully saturated rings. The second kappa shape index (κ2) is 9.89. The minimum atomic E-state index is -1.34. The number of nitrogens with zero attached hydrogens (tertiary/aromatic N) is 3. The third-order valence-corrected chi connectivity index (χ3v) is 9.10. The molecule has 1 spiro atoms. The van der Waals surface area contributed by atoms with Gasteiger partial charge in [0.25, 0.3) is 5.91 Å². The highest BCUT2D eigenvalue weighted by atomic mass is 16.5. The van der Waals surface area contributed by atoms with Crippen molar-refractivity contribution in [2.45, 2.75) is 71.2 Å². The monoisotopic (exact) mass is 535 g/mol. The van der Waals surface area contributed by atoms with Gasteiger partial charge in [-0.3, -0.25) is 14.4 Å². The number of amides is 3. The van der Waals surface area contributed by atoms with Crippen LogP contribution in [-0.4, -0.2) is 82.2 Å². The zero-order valence-electron chi connectivity index (χ0n) is 23.9. The van der Waals surface area contributed by atoms with Gasteiger partial charge in [0.15, 0.2) is 0 Å². The standard InChI is InChI=1S/C31H41N3O5/c1-7-15-32-16-9-13-30(6)23(27(32)36)24-28(37)34(22(18-35)19(2)3)26-29(38)33(17-10-14-31(24,26)39-30)25-20(4)11-8-12-21(25)5/h8-14,19,22-24,26,35H,7,15-18H2,1-6H3/t22-,23+,24-,26?,30-,31-/m0/s1. The third kappa shape index (κ3) is 3.98. The highest BCUT2D eigenvalue weighted by Gasteiger charge is 2.75. The summed E-state index contributed by atoms with van der Waals surface area (Å²) >= 11 is 0. The van der Waals surface area contributed by atoms with E-state index in [0.29, 0.717) is 19.6 Å². The maximum atomic E-state index is 14.7. The molecular formula is C31H41N3O5. The molecule has 0 saturated carbocycles. The van der Waals surface area contributed by atoms with Gasteiger partial charge in [0, 0.05) is 25.3 Å². The highest BCUT2D eigenvalue weighted by molar-refractivity contribution is 6.06. The lowest BCUT2D eigenvalue weighted by Crippen LogP contribution is -2.60. The second-order valence-corrected chi connectivity index (χ2v) is 12.0. The van der Waals surface area contributed by atoms with Crippen molar-refractivity contribution >= 4 is 23.4 Å². The molecule has 8 heteroatoms. The fourth-order valence-electron chi connectivity index (χ4n) is 7.39. The second-order valence-electron chi connectivity index (χ2n) is 12.0. The Bertz CT molecular complexity index is 1220. The molecule has 1 N–H and O–H groups in total. The summed E-state index contributed by atoms with van der Waals surface area (Å²) in [6.45, 7) is 12.8. The predicted molar refractivity (Wildman–Crippen MR) is 149 cm³/mol. The van der Waals surface area contributed by atoms with Crippen LogP contribution >= 0.6 is 0 Å². The third-order valence-electron chi connectivity index (χ3n) is 9.10. The van der Waals surface area contributed by atoms with E-state index in [2.05, 4.69) is 0 Å². The summed E-state index contributed by atoms with van der Waals surface area (Å²) in [5, 5.41) is 10.5. The Morgan fingerprint density at radius 3 is 2.28 bits per heavy atom. The molecule has 4 heterocycles. The number of carbonyl (C=O) groups is 3. The van der Waals surface area contributed by atoms with Crippen molar-refractivity contribution in [1.29, 1.82) is 0 Å². The Balaban J connectivity index is 1.70.